The predicted octanol–water partition coefficient (Wildman–Crippen LogP) is 2.53. The fraction of sp³-hybridized carbons (Fsp3) is 0.550. The molecule has 0 aliphatic carbocycles. The maximum atomic E-state index is 12.3. The lowest BCUT2D eigenvalue weighted by Crippen LogP contribution is -2.44. The molecule has 0 bridgehead atoms. The number of rotatable bonds is 8. The van der Waals surface area contributed by atoms with Crippen molar-refractivity contribution in [1.82, 2.24) is 10.2 Å². The highest BCUT2D eigenvalue weighted by Gasteiger charge is 2.26. The Labute approximate surface area is 161 Å². The molecule has 0 saturated carbocycles. The number of hydrogen-bond acceptors (Lipinski definition) is 5. The van der Waals surface area contributed by atoms with Gasteiger partial charge in [0.05, 0.1) is 7.11 Å². The van der Waals surface area contributed by atoms with Crippen molar-refractivity contribution in [3.63, 3.8) is 0 Å². The fourth-order valence-electron chi connectivity index (χ4n) is 2.37. The molecular weight excluding hydrogens is 348 g/mol. The van der Waals surface area contributed by atoms with E-state index in [9.17, 15) is 14.4 Å². The Hall–Kier alpha value is -2.57. The molecule has 1 aromatic carbocycles. The van der Waals surface area contributed by atoms with Crippen molar-refractivity contribution in [2.45, 2.75) is 51.7 Å². The lowest BCUT2D eigenvalue weighted by Gasteiger charge is -2.23. The molecule has 0 fully saturated rings. The SMILES string of the molecule is COC(=O)[C@H](CCC(=O)N(C)CCc1ccccc1)NC(=O)OC(C)(C)C. The van der Waals surface area contributed by atoms with Crippen molar-refractivity contribution in [3.8, 4) is 0 Å². The average molecular weight is 378 g/mol. The van der Waals surface area contributed by atoms with Gasteiger partial charge in [-0.1, -0.05) is 30.3 Å². The highest BCUT2D eigenvalue weighted by atomic mass is 16.6. The minimum Gasteiger partial charge on any atom is -0.467 e. The normalized spacial score (nSPS) is 12.0. The number of methoxy groups -OCH3 is 1. The number of likely N-dealkylation sites (N-methyl/N-ethyl adjacent to an activating group) is 1. The van der Waals surface area contributed by atoms with Crippen LogP contribution in [0.15, 0.2) is 30.3 Å². The number of carbonyl (C=O) groups is 3. The molecule has 1 N–H and O–H groups in total. The van der Waals surface area contributed by atoms with Crippen LogP contribution in [0.3, 0.4) is 0 Å². The first-order chi connectivity index (χ1) is 12.6. The van der Waals surface area contributed by atoms with E-state index in [-0.39, 0.29) is 18.7 Å². The molecule has 0 aliphatic rings. The molecule has 1 aromatic rings. The molecule has 0 spiro atoms. The second kappa shape index (κ2) is 10.5. The third-order valence-corrected chi connectivity index (χ3v) is 3.83. The van der Waals surface area contributed by atoms with Gasteiger partial charge in [0.1, 0.15) is 11.6 Å². The van der Waals surface area contributed by atoms with Gasteiger partial charge in [0, 0.05) is 20.0 Å². The molecule has 0 saturated heterocycles. The Morgan fingerprint density at radius 1 is 1.15 bits per heavy atom. The van der Waals surface area contributed by atoms with Gasteiger partial charge in [-0.25, -0.2) is 9.59 Å². The minimum absolute atomic E-state index is 0.106. The molecular formula is C20H30N2O5. The standard InChI is InChI=1S/C20H30N2O5/c1-20(2,3)27-19(25)21-16(18(24)26-5)11-12-17(23)22(4)14-13-15-9-7-6-8-10-15/h6-10,16H,11-14H2,1-5H3,(H,21,25)/t16-/m0/s1. The second-order valence-electron chi connectivity index (χ2n) is 7.31. The van der Waals surface area contributed by atoms with E-state index in [0.717, 1.165) is 12.0 Å². The second-order valence-corrected chi connectivity index (χ2v) is 7.31. The first kappa shape index (κ1) is 22.5. The van der Waals surface area contributed by atoms with E-state index in [4.69, 9.17) is 9.47 Å². The van der Waals surface area contributed by atoms with Gasteiger partial charge in [-0.2, -0.15) is 0 Å². The lowest BCUT2D eigenvalue weighted by molar-refractivity contribution is -0.143. The Bertz CT molecular complexity index is 625. The summed E-state index contributed by atoms with van der Waals surface area (Å²) in [7, 11) is 2.96. The average Bonchev–Trinajstić information content (AvgIpc) is 2.61. The molecule has 2 amide bonds. The Morgan fingerprint density at radius 3 is 2.33 bits per heavy atom. The fourth-order valence-corrected chi connectivity index (χ4v) is 2.37. The van der Waals surface area contributed by atoms with Crippen LogP contribution in [0.5, 0.6) is 0 Å². The molecule has 0 aliphatic heterocycles. The van der Waals surface area contributed by atoms with Crippen LogP contribution in [0.1, 0.15) is 39.2 Å². The molecule has 0 unspecified atom stereocenters. The summed E-state index contributed by atoms with van der Waals surface area (Å²) in [5.41, 5.74) is 0.467. The van der Waals surface area contributed by atoms with E-state index in [1.165, 1.54) is 7.11 Å². The monoisotopic (exact) mass is 378 g/mol. The summed E-state index contributed by atoms with van der Waals surface area (Å²) in [6.45, 7) is 5.76. The minimum atomic E-state index is -0.934. The largest absolute Gasteiger partial charge is 0.467 e. The van der Waals surface area contributed by atoms with Crippen molar-refractivity contribution < 1.29 is 23.9 Å². The van der Waals surface area contributed by atoms with E-state index in [0.29, 0.717) is 6.54 Å². The molecule has 1 rings (SSSR count). The maximum Gasteiger partial charge on any atom is 0.408 e. The number of benzene rings is 1. The van der Waals surface area contributed by atoms with E-state index >= 15 is 0 Å². The van der Waals surface area contributed by atoms with Crippen molar-refractivity contribution in [1.29, 1.82) is 0 Å². The zero-order chi connectivity index (χ0) is 20.4. The molecule has 0 radical (unpaired) electrons. The molecule has 150 valence electrons. The van der Waals surface area contributed by atoms with Crippen LogP contribution >= 0.6 is 0 Å². The lowest BCUT2D eigenvalue weighted by atomic mass is 10.1. The van der Waals surface area contributed by atoms with Gasteiger partial charge in [0.2, 0.25) is 5.91 Å². The van der Waals surface area contributed by atoms with E-state index in [2.05, 4.69) is 5.32 Å². The third-order valence-electron chi connectivity index (χ3n) is 3.83. The topological polar surface area (TPSA) is 84.9 Å². The zero-order valence-corrected chi connectivity index (χ0v) is 16.8. The van der Waals surface area contributed by atoms with Gasteiger partial charge in [0.15, 0.2) is 0 Å². The van der Waals surface area contributed by atoms with Crippen LogP contribution in [0.2, 0.25) is 0 Å². The highest BCUT2D eigenvalue weighted by molar-refractivity contribution is 5.82. The van der Waals surface area contributed by atoms with Crippen LogP contribution in [0, 0.1) is 0 Å². The van der Waals surface area contributed by atoms with E-state index < -0.39 is 23.7 Å². The molecule has 0 aromatic heterocycles. The molecule has 1 atom stereocenters. The van der Waals surface area contributed by atoms with Gasteiger partial charge in [-0.3, -0.25) is 4.79 Å². The summed E-state index contributed by atoms with van der Waals surface area (Å²) in [6, 6.07) is 8.95. The Morgan fingerprint density at radius 2 is 1.78 bits per heavy atom. The highest BCUT2D eigenvalue weighted by Crippen LogP contribution is 2.09. The van der Waals surface area contributed by atoms with Gasteiger partial charge in [-0.05, 0) is 39.2 Å². The summed E-state index contributed by atoms with van der Waals surface area (Å²) in [5, 5.41) is 2.47. The number of hydrogen-bond donors (Lipinski definition) is 1. The smallest absolute Gasteiger partial charge is 0.408 e. The van der Waals surface area contributed by atoms with E-state index in [1.807, 2.05) is 30.3 Å². The van der Waals surface area contributed by atoms with Gasteiger partial charge >= 0.3 is 12.1 Å². The van der Waals surface area contributed by atoms with Crippen LogP contribution in [0.4, 0.5) is 4.79 Å². The Kier molecular flexibility index (Phi) is 8.78. The van der Waals surface area contributed by atoms with E-state index in [1.54, 1.807) is 32.7 Å². The summed E-state index contributed by atoms with van der Waals surface area (Å²) in [6.07, 6.45) is 0.281. The van der Waals surface area contributed by atoms with Gasteiger partial charge in [-0.15, -0.1) is 0 Å². The quantitative estimate of drug-likeness (QED) is 0.703. The predicted molar refractivity (Wildman–Crippen MR) is 102 cm³/mol. The molecule has 0 heterocycles. The molecule has 27 heavy (non-hydrogen) atoms. The van der Waals surface area contributed by atoms with Crippen LogP contribution in [0.25, 0.3) is 0 Å². The number of esters is 1. The van der Waals surface area contributed by atoms with Gasteiger partial charge in [0.25, 0.3) is 0 Å². The van der Waals surface area contributed by atoms with Crippen molar-refractivity contribution in [2.75, 3.05) is 20.7 Å². The third kappa shape index (κ3) is 9.08. The maximum absolute atomic E-state index is 12.3. The molecule has 7 nitrogen and oxygen atoms in total. The number of nitrogens with one attached hydrogen (secondary N) is 1. The number of nitrogens with zero attached hydrogens (tertiary/aromatic N) is 1. The van der Waals surface area contributed by atoms with Crippen LogP contribution in [-0.2, 0) is 25.5 Å². The van der Waals surface area contributed by atoms with Crippen molar-refractivity contribution in [2.24, 2.45) is 0 Å². The van der Waals surface area contributed by atoms with Crippen molar-refractivity contribution >= 4 is 18.0 Å². The number of ether oxygens (including phenoxy) is 2. The number of amides is 2. The zero-order valence-electron chi connectivity index (χ0n) is 16.8. The first-order valence-corrected chi connectivity index (χ1v) is 8.97. The Balaban J connectivity index is 2.51. The van der Waals surface area contributed by atoms with Gasteiger partial charge < -0.3 is 19.7 Å². The van der Waals surface area contributed by atoms with Crippen LogP contribution < -0.4 is 5.32 Å². The summed E-state index contributed by atoms with van der Waals surface area (Å²) < 4.78 is 9.86. The summed E-state index contributed by atoms with van der Waals surface area (Å²) in [5.74, 6) is -0.716. The number of carbonyl (C=O) groups excluding carboxylic acids is 3. The summed E-state index contributed by atoms with van der Waals surface area (Å²) >= 11 is 0. The summed E-state index contributed by atoms with van der Waals surface area (Å²) in [4.78, 5) is 37.7. The molecule has 7 heteroatoms. The van der Waals surface area contributed by atoms with Crippen LogP contribution in [-0.4, -0.2) is 55.2 Å². The first-order valence-electron chi connectivity index (χ1n) is 8.97. The van der Waals surface area contributed by atoms with Crippen molar-refractivity contribution in [3.05, 3.63) is 35.9 Å². The number of alkyl carbamates (subject to hydrolysis) is 1.